The van der Waals surface area contributed by atoms with Gasteiger partial charge in [-0.1, -0.05) is 36.1 Å². The van der Waals surface area contributed by atoms with Gasteiger partial charge < -0.3 is 19.1 Å². The van der Waals surface area contributed by atoms with Crippen molar-refractivity contribution in [3.05, 3.63) is 69.0 Å². The normalized spacial score (nSPS) is 22.5. The van der Waals surface area contributed by atoms with Crippen LogP contribution >= 0.6 is 24.0 Å². The first-order valence-corrected chi connectivity index (χ1v) is 13.2. The van der Waals surface area contributed by atoms with Crippen molar-refractivity contribution >= 4 is 51.7 Å². The summed E-state index contributed by atoms with van der Waals surface area (Å²) in [5.41, 5.74) is 1.52. The minimum Gasteiger partial charge on any atom is -0.454 e. The quantitative estimate of drug-likeness (QED) is 0.368. The van der Waals surface area contributed by atoms with E-state index in [1.807, 2.05) is 38.1 Å². The summed E-state index contributed by atoms with van der Waals surface area (Å²) in [6.45, 7) is 5.65. The zero-order valence-corrected chi connectivity index (χ0v) is 21.9. The van der Waals surface area contributed by atoms with Gasteiger partial charge in [-0.3, -0.25) is 18.9 Å². The molecule has 2 atom stereocenters. The van der Waals surface area contributed by atoms with Crippen LogP contribution in [-0.4, -0.2) is 56.6 Å². The standard InChI is InChI=1S/C26H24N4O5S2/c1-15-11-28(12-16(2)35-15)23-18(24(31)29-8-4-3-5-22(29)27-23)10-21-25(32)30(26(36)37-21)13-17-6-7-19-20(9-17)34-14-33-19/h3-10,15-16H,11-14H2,1-2H3/b21-10-/t15-,16+. The van der Waals surface area contributed by atoms with Gasteiger partial charge in [0, 0.05) is 19.3 Å². The monoisotopic (exact) mass is 536 g/mol. The molecule has 2 aromatic heterocycles. The Morgan fingerprint density at radius 1 is 1.11 bits per heavy atom. The van der Waals surface area contributed by atoms with Gasteiger partial charge in [0.2, 0.25) is 6.79 Å². The molecule has 3 aromatic rings. The highest BCUT2D eigenvalue weighted by Gasteiger charge is 2.34. The Hall–Kier alpha value is -3.41. The maximum absolute atomic E-state index is 13.6. The van der Waals surface area contributed by atoms with E-state index in [-0.39, 0.29) is 30.5 Å². The minimum atomic E-state index is -0.250. The fourth-order valence-electron chi connectivity index (χ4n) is 4.80. The molecule has 1 aromatic carbocycles. The van der Waals surface area contributed by atoms with Gasteiger partial charge >= 0.3 is 0 Å². The van der Waals surface area contributed by atoms with Crippen LogP contribution in [0, 0.1) is 0 Å². The summed E-state index contributed by atoms with van der Waals surface area (Å²) >= 11 is 6.74. The number of hydrogen-bond donors (Lipinski definition) is 0. The highest BCUT2D eigenvalue weighted by atomic mass is 32.2. The Kier molecular flexibility index (Phi) is 6.13. The first-order chi connectivity index (χ1) is 17.9. The average Bonchev–Trinajstić information content (AvgIpc) is 3.44. The number of amides is 1. The van der Waals surface area contributed by atoms with Gasteiger partial charge in [-0.05, 0) is 49.8 Å². The fraction of sp³-hybridized carbons (Fsp3) is 0.308. The van der Waals surface area contributed by atoms with Gasteiger partial charge in [0.05, 0.1) is 29.2 Å². The molecule has 0 N–H and O–H groups in total. The number of thioether (sulfide) groups is 1. The van der Waals surface area contributed by atoms with Gasteiger partial charge in [0.15, 0.2) is 11.5 Å². The molecular weight excluding hydrogens is 512 g/mol. The molecular formula is C26H24N4O5S2. The number of nitrogens with zero attached hydrogens (tertiary/aromatic N) is 4. The van der Waals surface area contributed by atoms with E-state index < -0.39 is 0 Å². The van der Waals surface area contributed by atoms with E-state index in [2.05, 4.69) is 4.90 Å². The number of carbonyl (C=O) groups excluding carboxylic acids is 1. The predicted octanol–water partition coefficient (Wildman–Crippen LogP) is 3.44. The van der Waals surface area contributed by atoms with Crippen molar-refractivity contribution in [2.45, 2.75) is 32.6 Å². The molecule has 3 aliphatic heterocycles. The lowest BCUT2D eigenvalue weighted by Crippen LogP contribution is -2.46. The zero-order chi connectivity index (χ0) is 25.7. The third-order valence-electron chi connectivity index (χ3n) is 6.39. The topological polar surface area (TPSA) is 85.6 Å². The van der Waals surface area contributed by atoms with Gasteiger partial charge in [-0.2, -0.15) is 0 Å². The fourth-order valence-corrected chi connectivity index (χ4v) is 6.04. The highest BCUT2D eigenvalue weighted by molar-refractivity contribution is 8.26. The molecule has 0 radical (unpaired) electrons. The number of pyridine rings is 1. The van der Waals surface area contributed by atoms with E-state index in [1.54, 1.807) is 24.4 Å². The van der Waals surface area contributed by atoms with Crippen molar-refractivity contribution in [2.24, 2.45) is 0 Å². The predicted molar refractivity (Wildman–Crippen MR) is 145 cm³/mol. The molecule has 3 aliphatic rings. The van der Waals surface area contributed by atoms with Crippen molar-refractivity contribution in [3.8, 4) is 11.5 Å². The molecule has 0 bridgehead atoms. The van der Waals surface area contributed by atoms with Crippen LogP contribution in [0.2, 0.25) is 0 Å². The van der Waals surface area contributed by atoms with E-state index in [9.17, 15) is 9.59 Å². The smallest absolute Gasteiger partial charge is 0.267 e. The first kappa shape index (κ1) is 24.0. The average molecular weight is 537 g/mol. The van der Waals surface area contributed by atoms with Crippen LogP contribution in [-0.2, 0) is 16.1 Å². The van der Waals surface area contributed by atoms with Crippen molar-refractivity contribution in [2.75, 3.05) is 24.8 Å². The number of thiocarbonyl (C=S) groups is 1. The SMILES string of the molecule is C[C@@H]1CN(c2nc3ccccn3c(=O)c2/C=C2\SC(=S)N(Cc3ccc4c(c3)OCO4)C2=O)C[C@H](C)O1. The molecule has 0 spiro atoms. The van der Waals surface area contributed by atoms with Crippen molar-refractivity contribution in [1.29, 1.82) is 0 Å². The van der Waals surface area contributed by atoms with Crippen LogP contribution in [0.1, 0.15) is 25.0 Å². The molecule has 2 saturated heterocycles. The Morgan fingerprint density at radius 3 is 2.70 bits per heavy atom. The molecule has 0 unspecified atom stereocenters. The largest absolute Gasteiger partial charge is 0.454 e. The molecule has 2 fully saturated rings. The molecule has 1 amide bonds. The molecule has 37 heavy (non-hydrogen) atoms. The van der Waals surface area contributed by atoms with Crippen molar-refractivity contribution in [3.63, 3.8) is 0 Å². The lowest BCUT2D eigenvalue weighted by molar-refractivity contribution is -0.122. The summed E-state index contributed by atoms with van der Waals surface area (Å²) in [6.07, 6.45) is 3.27. The zero-order valence-electron chi connectivity index (χ0n) is 20.2. The number of aromatic nitrogens is 2. The second kappa shape index (κ2) is 9.47. The number of carbonyl (C=O) groups is 1. The van der Waals surface area contributed by atoms with Crippen LogP contribution in [0.3, 0.4) is 0 Å². The molecule has 11 heteroatoms. The van der Waals surface area contributed by atoms with Crippen LogP contribution in [0.5, 0.6) is 11.5 Å². The molecule has 0 saturated carbocycles. The van der Waals surface area contributed by atoms with Gasteiger partial charge in [0.25, 0.3) is 11.5 Å². The molecule has 0 aliphatic carbocycles. The Balaban J connectivity index is 1.37. The lowest BCUT2D eigenvalue weighted by atomic mass is 10.1. The molecule has 9 nitrogen and oxygen atoms in total. The maximum atomic E-state index is 13.6. The molecule has 5 heterocycles. The van der Waals surface area contributed by atoms with Gasteiger partial charge in [0.1, 0.15) is 15.8 Å². The second-order valence-corrected chi connectivity index (χ2v) is 10.9. The Bertz CT molecular complexity index is 1510. The van der Waals surface area contributed by atoms with Crippen LogP contribution in [0.4, 0.5) is 5.82 Å². The minimum absolute atomic E-state index is 0.0208. The van der Waals surface area contributed by atoms with Gasteiger partial charge in [-0.25, -0.2) is 4.98 Å². The number of benzene rings is 1. The number of hydrogen-bond acceptors (Lipinski definition) is 9. The lowest BCUT2D eigenvalue weighted by Gasteiger charge is -2.36. The highest BCUT2D eigenvalue weighted by Crippen LogP contribution is 2.37. The number of fused-ring (bicyclic) bond motifs is 2. The van der Waals surface area contributed by atoms with Crippen LogP contribution in [0.15, 0.2) is 52.3 Å². The van der Waals surface area contributed by atoms with Crippen molar-refractivity contribution in [1.82, 2.24) is 14.3 Å². The third-order valence-corrected chi connectivity index (χ3v) is 7.77. The number of morpholine rings is 1. The number of anilines is 1. The van der Waals surface area contributed by atoms with E-state index in [1.165, 1.54) is 21.1 Å². The summed E-state index contributed by atoms with van der Waals surface area (Å²) in [7, 11) is 0. The Morgan fingerprint density at radius 2 is 1.89 bits per heavy atom. The Labute approximate surface area is 222 Å². The van der Waals surface area contributed by atoms with Gasteiger partial charge in [-0.15, -0.1) is 0 Å². The summed E-state index contributed by atoms with van der Waals surface area (Å²) in [4.78, 5) is 35.9. The van der Waals surface area contributed by atoms with Crippen molar-refractivity contribution < 1.29 is 19.0 Å². The first-order valence-electron chi connectivity index (χ1n) is 11.9. The summed E-state index contributed by atoms with van der Waals surface area (Å²) < 4.78 is 18.6. The summed E-state index contributed by atoms with van der Waals surface area (Å²) in [6, 6.07) is 11.0. The summed E-state index contributed by atoms with van der Waals surface area (Å²) in [5, 5.41) is 0. The molecule has 190 valence electrons. The molecule has 6 rings (SSSR count). The third kappa shape index (κ3) is 4.47. The van der Waals surface area contributed by atoms with E-state index in [0.29, 0.717) is 57.4 Å². The van der Waals surface area contributed by atoms with E-state index >= 15 is 0 Å². The van der Waals surface area contributed by atoms with E-state index in [0.717, 1.165) is 5.56 Å². The number of ether oxygens (including phenoxy) is 3. The van der Waals surface area contributed by atoms with Crippen LogP contribution < -0.4 is 19.9 Å². The summed E-state index contributed by atoms with van der Waals surface area (Å²) in [5.74, 6) is 1.61. The second-order valence-electron chi connectivity index (χ2n) is 9.20. The maximum Gasteiger partial charge on any atom is 0.267 e. The van der Waals surface area contributed by atoms with Crippen LogP contribution in [0.25, 0.3) is 11.7 Å². The van der Waals surface area contributed by atoms with E-state index in [4.69, 9.17) is 31.4 Å². The number of rotatable bonds is 4.